The molecule has 3 aliphatic heterocycles. The predicted molar refractivity (Wildman–Crippen MR) is 143 cm³/mol. The van der Waals surface area contributed by atoms with E-state index in [2.05, 4.69) is 33.2 Å². The van der Waals surface area contributed by atoms with Crippen molar-refractivity contribution >= 4 is 40.4 Å². The van der Waals surface area contributed by atoms with Gasteiger partial charge in [-0.05, 0) is 58.0 Å². The number of rotatable bonds is 8. The van der Waals surface area contributed by atoms with E-state index >= 15 is 0 Å². The van der Waals surface area contributed by atoms with Crippen molar-refractivity contribution in [2.75, 3.05) is 19.9 Å². The van der Waals surface area contributed by atoms with Crippen molar-refractivity contribution in [3.63, 3.8) is 0 Å². The van der Waals surface area contributed by atoms with E-state index in [9.17, 15) is 14.4 Å². The molecule has 3 heterocycles. The van der Waals surface area contributed by atoms with Crippen LogP contribution in [0.4, 0.5) is 0 Å². The highest BCUT2D eigenvalue weighted by Gasteiger charge is 2.74. The first-order chi connectivity index (χ1) is 18.9. The third kappa shape index (κ3) is 4.72. The molecular formula is C27H28IN3O8. The lowest BCUT2D eigenvalue weighted by molar-refractivity contribution is -0.201. The van der Waals surface area contributed by atoms with Gasteiger partial charge in [-0.15, -0.1) is 0 Å². The molecule has 3 N–H and O–H groups in total. The van der Waals surface area contributed by atoms with Crippen LogP contribution in [0.3, 0.4) is 0 Å². The van der Waals surface area contributed by atoms with Crippen molar-refractivity contribution in [3.05, 3.63) is 68.8 Å². The molecule has 1 saturated carbocycles. The Kier molecular flexibility index (Phi) is 7.33. The van der Waals surface area contributed by atoms with Gasteiger partial charge in [0.2, 0.25) is 5.91 Å². The van der Waals surface area contributed by atoms with Gasteiger partial charge in [-0.25, -0.2) is 0 Å². The molecule has 1 aliphatic carbocycles. The van der Waals surface area contributed by atoms with Gasteiger partial charge in [-0.3, -0.25) is 19.2 Å². The fourth-order valence-electron chi connectivity index (χ4n) is 6.09. The van der Waals surface area contributed by atoms with E-state index in [-0.39, 0.29) is 51.3 Å². The molecule has 0 radical (unpaired) electrons. The number of carbonyl (C=O) groups is 3. The molecule has 2 aromatic carbocycles. The summed E-state index contributed by atoms with van der Waals surface area (Å²) in [5.74, 6) is -1.18. The molecule has 0 aromatic heterocycles. The second-order valence-electron chi connectivity index (χ2n) is 10.1. The number of amides is 2. The van der Waals surface area contributed by atoms with Crippen molar-refractivity contribution in [2.45, 2.75) is 50.0 Å². The Hall–Kier alpha value is -2.62. The number of aliphatic hydroxyl groups excluding tert-OH is 1. The van der Waals surface area contributed by atoms with Gasteiger partial charge in [0, 0.05) is 28.6 Å². The third-order valence-corrected chi connectivity index (χ3v) is 8.43. The number of nitrogens with one attached hydrogen (secondary N) is 2. The number of hydrogen-bond donors (Lipinski definition) is 3. The normalized spacial score (nSPS) is 30.9. The zero-order valence-electron chi connectivity index (χ0n) is 20.9. The summed E-state index contributed by atoms with van der Waals surface area (Å²) >= 11 is 2.23. The van der Waals surface area contributed by atoms with Crippen molar-refractivity contribution in [1.82, 2.24) is 15.7 Å². The fourth-order valence-corrected chi connectivity index (χ4v) is 6.70. The van der Waals surface area contributed by atoms with Gasteiger partial charge in [0.15, 0.2) is 6.04 Å². The van der Waals surface area contributed by atoms with Crippen LogP contribution in [0.5, 0.6) is 0 Å². The summed E-state index contributed by atoms with van der Waals surface area (Å²) in [6.07, 6.45) is -2.19. The maximum atomic E-state index is 14.1. The second kappa shape index (κ2) is 10.7. The predicted octanol–water partition coefficient (Wildman–Crippen LogP) is 0.871. The molecule has 2 amide bonds. The average molecular weight is 649 g/mol. The lowest BCUT2D eigenvalue weighted by Gasteiger charge is -2.48. The minimum absolute atomic E-state index is 0.0353. The zero-order chi connectivity index (χ0) is 27.1. The van der Waals surface area contributed by atoms with E-state index in [4.69, 9.17) is 24.2 Å². The molecule has 12 heteroatoms. The molecular weight excluding hydrogens is 621 g/mol. The molecule has 4 aliphatic rings. The van der Waals surface area contributed by atoms with Gasteiger partial charge in [-0.2, -0.15) is 5.06 Å². The van der Waals surface area contributed by atoms with Gasteiger partial charge in [0.1, 0.15) is 36.6 Å². The Morgan fingerprint density at radius 2 is 1.87 bits per heavy atom. The summed E-state index contributed by atoms with van der Waals surface area (Å²) in [5, 5.41) is 16.1. The molecule has 2 aromatic rings. The zero-order valence-corrected chi connectivity index (χ0v) is 23.0. The molecule has 206 valence electrons. The van der Waals surface area contributed by atoms with E-state index in [0.717, 1.165) is 9.13 Å². The van der Waals surface area contributed by atoms with Crippen molar-refractivity contribution in [2.24, 2.45) is 5.41 Å². The lowest BCUT2D eigenvalue weighted by atomic mass is 9.62. The first kappa shape index (κ1) is 26.6. The molecule has 0 unspecified atom stereocenters. The SMILES string of the molecule is O=C(NCCO)c1cccc(CNC(=O)[C@@]23C[C@H]4OC(=O)[C@@H]2N(Cc2cccc(I)c2)O[C@@H]3[C@H]2OCO[C@H]24)c1. The van der Waals surface area contributed by atoms with Gasteiger partial charge in [0.05, 0.1) is 13.2 Å². The van der Waals surface area contributed by atoms with E-state index < -0.39 is 41.8 Å². The van der Waals surface area contributed by atoms with Gasteiger partial charge in [0.25, 0.3) is 5.91 Å². The Morgan fingerprint density at radius 3 is 2.69 bits per heavy atom. The second-order valence-corrected chi connectivity index (χ2v) is 11.3. The number of hydrogen-bond acceptors (Lipinski definition) is 9. The van der Waals surface area contributed by atoms with Crippen LogP contribution in [0.15, 0.2) is 48.5 Å². The van der Waals surface area contributed by atoms with Crippen LogP contribution in [0.1, 0.15) is 27.9 Å². The number of ether oxygens (including phenoxy) is 3. The van der Waals surface area contributed by atoms with Gasteiger partial charge < -0.3 is 30.0 Å². The number of hydroxylamine groups is 2. The Balaban J connectivity index is 1.27. The Labute approximate surface area is 238 Å². The third-order valence-electron chi connectivity index (χ3n) is 7.76. The minimum atomic E-state index is -1.24. The van der Waals surface area contributed by atoms with Gasteiger partial charge in [-0.1, -0.05) is 24.3 Å². The lowest BCUT2D eigenvalue weighted by Crippen LogP contribution is -2.69. The number of carbonyl (C=O) groups excluding carboxylic acids is 3. The highest BCUT2D eigenvalue weighted by atomic mass is 127. The number of nitrogens with zero attached hydrogens (tertiary/aromatic N) is 1. The Bertz CT molecular complexity index is 1290. The van der Waals surface area contributed by atoms with E-state index in [1.165, 1.54) is 0 Å². The molecule has 6 rings (SSSR count). The van der Waals surface area contributed by atoms with Crippen LogP contribution in [0.25, 0.3) is 0 Å². The molecule has 11 nitrogen and oxygen atoms in total. The summed E-state index contributed by atoms with van der Waals surface area (Å²) in [7, 11) is 0. The maximum Gasteiger partial charge on any atom is 0.327 e. The van der Waals surface area contributed by atoms with Crippen LogP contribution in [0.2, 0.25) is 0 Å². The Morgan fingerprint density at radius 1 is 1.08 bits per heavy atom. The van der Waals surface area contributed by atoms with E-state index in [0.29, 0.717) is 11.1 Å². The van der Waals surface area contributed by atoms with E-state index in [1.807, 2.05) is 24.3 Å². The smallest absolute Gasteiger partial charge is 0.327 e. The van der Waals surface area contributed by atoms with Crippen LogP contribution < -0.4 is 10.6 Å². The topological polar surface area (TPSA) is 136 Å². The molecule has 4 fully saturated rings. The standard InChI is InChI=1S/C27H28IN3O8/c28-18-6-2-4-16(10-18)13-31-22-25(34)38-19-11-27(22,23(39-31)21-20(19)36-14-37-21)26(35)30-12-15-3-1-5-17(9-15)24(33)29-7-8-32/h1-6,9-10,19-23,32H,7-8,11-14H2,(H,29,33)(H,30,35)/t19-,20+,21+,22+,23-,27+/m1/s1. The summed E-state index contributed by atoms with van der Waals surface area (Å²) < 4.78 is 18.5. The number of halogens is 1. The van der Waals surface area contributed by atoms with Crippen molar-refractivity contribution < 1.29 is 38.5 Å². The fraction of sp³-hybridized carbons (Fsp3) is 0.444. The van der Waals surface area contributed by atoms with Crippen LogP contribution in [0, 0.1) is 8.99 Å². The van der Waals surface area contributed by atoms with Crippen LogP contribution in [-0.4, -0.2) is 78.4 Å². The highest BCUT2D eigenvalue weighted by Crippen LogP contribution is 2.55. The number of esters is 1. The van der Waals surface area contributed by atoms with E-state index in [1.54, 1.807) is 29.3 Å². The summed E-state index contributed by atoms with van der Waals surface area (Å²) in [6.45, 7) is 0.455. The first-order valence-corrected chi connectivity index (χ1v) is 13.9. The quantitative estimate of drug-likeness (QED) is 0.281. The number of aliphatic hydroxyl groups is 1. The molecule has 3 saturated heterocycles. The highest BCUT2D eigenvalue weighted by molar-refractivity contribution is 14.1. The largest absolute Gasteiger partial charge is 0.458 e. The van der Waals surface area contributed by atoms with Gasteiger partial charge >= 0.3 is 5.97 Å². The summed E-state index contributed by atoms with van der Waals surface area (Å²) in [6, 6.07) is 13.8. The van der Waals surface area contributed by atoms with Crippen LogP contribution >= 0.6 is 22.6 Å². The first-order valence-electron chi connectivity index (χ1n) is 12.8. The maximum absolute atomic E-state index is 14.1. The molecule has 39 heavy (non-hydrogen) atoms. The number of benzene rings is 2. The van der Waals surface area contributed by atoms with Crippen LogP contribution in [-0.2, 0) is 41.7 Å². The molecule has 0 spiro atoms. The van der Waals surface area contributed by atoms with Crippen molar-refractivity contribution in [1.29, 1.82) is 0 Å². The summed E-state index contributed by atoms with van der Waals surface area (Å²) in [5.41, 5.74) is 0.818. The van der Waals surface area contributed by atoms with Crippen molar-refractivity contribution in [3.8, 4) is 0 Å². The monoisotopic (exact) mass is 649 g/mol. The summed E-state index contributed by atoms with van der Waals surface area (Å²) in [4.78, 5) is 46.2. The minimum Gasteiger partial charge on any atom is -0.458 e. The molecule has 6 atom stereocenters. The molecule has 2 bridgehead atoms. The number of fused-ring (bicyclic) bond motifs is 4. The average Bonchev–Trinajstić information content (AvgIpc) is 3.55.